The van der Waals surface area contributed by atoms with Crippen molar-refractivity contribution in [1.29, 1.82) is 0 Å². The van der Waals surface area contributed by atoms with Crippen molar-refractivity contribution in [1.82, 2.24) is 19.2 Å². The number of pyridine rings is 1. The van der Waals surface area contributed by atoms with Crippen LogP contribution in [0.2, 0.25) is 0 Å². The lowest BCUT2D eigenvalue weighted by Gasteiger charge is -2.37. The first kappa shape index (κ1) is 12.4. The standard InChI is InChI=1S/C14H21N5/c1-17-8-9-18(2)12(11-17)10-16-14-5-3-4-13-15-6-7-19(13)14/h3-7,12,16H,8-11H2,1-2H3. The molecule has 1 saturated heterocycles. The molecule has 2 aromatic heterocycles. The van der Waals surface area contributed by atoms with Crippen molar-refractivity contribution in [2.75, 3.05) is 45.6 Å². The maximum atomic E-state index is 4.31. The van der Waals surface area contributed by atoms with Crippen molar-refractivity contribution in [2.45, 2.75) is 6.04 Å². The smallest absolute Gasteiger partial charge is 0.138 e. The summed E-state index contributed by atoms with van der Waals surface area (Å²) in [5.74, 6) is 1.11. The van der Waals surface area contributed by atoms with E-state index in [0.717, 1.165) is 37.6 Å². The predicted octanol–water partition coefficient (Wildman–Crippen LogP) is 0.992. The molecule has 1 fully saturated rings. The van der Waals surface area contributed by atoms with E-state index >= 15 is 0 Å². The third-order valence-corrected chi connectivity index (χ3v) is 3.93. The van der Waals surface area contributed by atoms with Gasteiger partial charge in [-0.05, 0) is 26.2 Å². The van der Waals surface area contributed by atoms with Crippen molar-refractivity contribution in [3.05, 3.63) is 30.6 Å². The summed E-state index contributed by atoms with van der Waals surface area (Å²) in [6.45, 7) is 4.36. The van der Waals surface area contributed by atoms with Gasteiger partial charge in [-0.3, -0.25) is 9.30 Å². The molecule has 2 aromatic rings. The molecule has 1 unspecified atom stereocenters. The van der Waals surface area contributed by atoms with Crippen LogP contribution in [0, 0.1) is 0 Å². The van der Waals surface area contributed by atoms with Gasteiger partial charge < -0.3 is 10.2 Å². The maximum Gasteiger partial charge on any atom is 0.138 e. The van der Waals surface area contributed by atoms with Crippen LogP contribution in [0.5, 0.6) is 0 Å². The van der Waals surface area contributed by atoms with E-state index in [2.05, 4.69) is 44.7 Å². The summed E-state index contributed by atoms with van der Waals surface area (Å²) in [6.07, 6.45) is 3.83. The van der Waals surface area contributed by atoms with Crippen molar-refractivity contribution in [3.8, 4) is 0 Å². The zero-order valence-electron chi connectivity index (χ0n) is 11.6. The lowest BCUT2D eigenvalue weighted by molar-refractivity contribution is 0.122. The van der Waals surface area contributed by atoms with Crippen LogP contribution in [0.1, 0.15) is 0 Å². The number of nitrogens with one attached hydrogen (secondary N) is 1. The number of hydrogen-bond donors (Lipinski definition) is 1. The van der Waals surface area contributed by atoms with Crippen molar-refractivity contribution in [2.24, 2.45) is 0 Å². The van der Waals surface area contributed by atoms with Gasteiger partial charge in [-0.2, -0.15) is 0 Å². The van der Waals surface area contributed by atoms with Gasteiger partial charge in [-0.25, -0.2) is 4.98 Å². The second-order valence-electron chi connectivity index (χ2n) is 5.34. The SMILES string of the molecule is CN1CCN(C)C(CNc2cccc3nccn23)C1. The summed E-state index contributed by atoms with van der Waals surface area (Å²) >= 11 is 0. The van der Waals surface area contributed by atoms with E-state index in [9.17, 15) is 0 Å². The normalized spacial score (nSPS) is 21.9. The summed E-state index contributed by atoms with van der Waals surface area (Å²) in [7, 11) is 4.40. The molecule has 5 nitrogen and oxygen atoms in total. The Bertz CT molecular complexity index is 550. The number of likely N-dealkylation sites (N-methyl/N-ethyl adjacent to an activating group) is 2. The predicted molar refractivity (Wildman–Crippen MR) is 77.6 cm³/mol. The zero-order chi connectivity index (χ0) is 13.2. The van der Waals surface area contributed by atoms with Crippen molar-refractivity contribution in [3.63, 3.8) is 0 Å². The van der Waals surface area contributed by atoms with Crippen LogP contribution in [0.4, 0.5) is 5.82 Å². The Hall–Kier alpha value is -1.59. The molecule has 0 aromatic carbocycles. The van der Waals surface area contributed by atoms with Crippen molar-refractivity contribution >= 4 is 11.5 Å². The van der Waals surface area contributed by atoms with Gasteiger partial charge >= 0.3 is 0 Å². The molecule has 0 aliphatic carbocycles. The number of aromatic nitrogens is 2. The molecule has 102 valence electrons. The first-order valence-corrected chi connectivity index (χ1v) is 6.79. The third-order valence-electron chi connectivity index (χ3n) is 3.93. The molecule has 5 heteroatoms. The largest absolute Gasteiger partial charge is 0.370 e. The molecule has 0 saturated carbocycles. The summed E-state index contributed by atoms with van der Waals surface area (Å²) in [5.41, 5.74) is 0.985. The number of anilines is 1. The fourth-order valence-electron chi connectivity index (χ4n) is 2.64. The molecule has 1 aliphatic rings. The van der Waals surface area contributed by atoms with E-state index in [1.807, 2.05) is 24.5 Å². The quantitative estimate of drug-likeness (QED) is 0.892. The monoisotopic (exact) mass is 259 g/mol. The van der Waals surface area contributed by atoms with Crippen LogP contribution >= 0.6 is 0 Å². The van der Waals surface area contributed by atoms with Gasteiger partial charge in [-0.15, -0.1) is 0 Å². The van der Waals surface area contributed by atoms with E-state index in [1.165, 1.54) is 0 Å². The first-order valence-electron chi connectivity index (χ1n) is 6.79. The van der Waals surface area contributed by atoms with Gasteiger partial charge in [0.1, 0.15) is 11.5 Å². The lowest BCUT2D eigenvalue weighted by Crippen LogP contribution is -2.52. The van der Waals surface area contributed by atoms with Gasteiger partial charge in [0.05, 0.1) is 0 Å². The van der Waals surface area contributed by atoms with E-state index in [1.54, 1.807) is 0 Å². The minimum absolute atomic E-state index is 0.553. The molecule has 3 rings (SSSR count). The molecular weight excluding hydrogens is 238 g/mol. The van der Waals surface area contributed by atoms with Crippen LogP contribution < -0.4 is 5.32 Å². The Morgan fingerprint density at radius 2 is 2.21 bits per heavy atom. The van der Waals surface area contributed by atoms with Crippen LogP contribution in [-0.2, 0) is 0 Å². The minimum atomic E-state index is 0.553. The Morgan fingerprint density at radius 3 is 3.11 bits per heavy atom. The Morgan fingerprint density at radius 1 is 1.32 bits per heavy atom. The molecule has 0 radical (unpaired) electrons. The Labute approximate surface area is 113 Å². The number of imidazole rings is 1. The van der Waals surface area contributed by atoms with Crippen LogP contribution in [0.15, 0.2) is 30.6 Å². The molecule has 1 atom stereocenters. The second-order valence-corrected chi connectivity index (χ2v) is 5.34. The second kappa shape index (κ2) is 5.19. The van der Waals surface area contributed by atoms with E-state index in [0.29, 0.717) is 6.04 Å². The fourth-order valence-corrected chi connectivity index (χ4v) is 2.64. The molecule has 3 heterocycles. The van der Waals surface area contributed by atoms with Crippen LogP contribution in [0.25, 0.3) is 5.65 Å². The summed E-state index contributed by atoms with van der Waals surface area (Å²) in [5, 5.41) is 3.55. The van der Waals surface area contributed by atoms with Crippen molar-refractivity contribution < 1.29 is 0 Å². The Balaban J connectivity index is 1.70. The number of rotatable bonds is 3. The summed E-state index contributed by atoms with van der Waals surface area (Å²) < 4.78 is 2.09. The molecule has 0 spiro atoms. The summed E-state index contributed by atoms with van der Waals surface area (Å²) in [6, 6.07) is 6.71. The Kier molecular flexibility index (Phi) is 3.40. The minimum Gasteiger partial charge on any atom is -0.370 e. The highest BCUT2D eigenvalue weighted by atomic mass is 15.3. The highest BCUT2D eigenvalue weighted by Crippen LogP contribution is 2.12. The van der Waals surface area contributed by atoms with E-state index in [-0.39, 0.29) is 0 Å². The van der Waals surface area contributed by atoms with E-state index in [4.69, 9.17) is 0 Å². The first-order chi connectivity index (χ1) is 9.24. The highest BCUT2D eigenvalue weighted by molar-refractivity contribution is 5.49. The molecule has 1 aliphatic heterocycles. The topological polar surface area (TPSA) is 35.8 Å². The summed E-state index contributed by atoms with van der Waals surface area (Å²) in [4.78, 5) is 9.13. The third kappa shape index (κ3) is 2.57. The fraction of sp³-hybridized carbons (Fsp3) is 0.500. The highest BCUT2D eigenvalue weighted by Gasteiger charge is 2.21. The van der Waals surface area contributed by atoms with Gasteiger partial charge in [0, 0.05) is 44.6 Å². The average Bonchev–Trinajstić information content (AvgIpc) is 2.88. The molecular formula is C14H21N5. The van der Waals surface area contributed by atoms with Gasteiger partial charge in [0.2, 0.25) is 0 Å². The van der Waals surface area contributed by atoms with Gasteiger partial charge in [0.25, 0.3) is 0 Å². The maximum absolute atomic E-state index is 4.31. The van der Waals surface area contributed by atoms with Crippen LogP contribution in [0.3, 0.4) is 0 Å². The number of hydrogen-bond acceptors (Lipinski definition) is 4. The number of nitrogens with zero attached hydrogens (tertiary/aromatic N) is 4. The van der Waals surface area contributed by atoms with Gasteiger partial charge in [-0.1, -0.05) is 6.07 Å². The molecule has 0 bridgehead atoms. The lowest BCUT2D eigenvalue weighted by atomic mass is 10.2. The zero-order valence-corrected chi connectivity index (χ0v) is 11.6. The molecule has 1 N–H and O–H groups in total. The van der Waals surface area contributed by atoms with E-state index < -0.39 is 0 Å². The van der Waals surface area contributed by atoms with Crippen LogP contribution in [-0.4, -0.2) is 65.5 Å². The number of fused-ring (bicyclic) bond motifs is 1. The molecule has 19 heavy (non-hydrogen) atoms. The molecule has 0 amide bonds. The number of piperazine rings is 1. The van der Waals surface area contributed by atoms with Gasteiger partial charge in [0.15, 0.2) is 0 Å². The average molecular weight is 259 g/mol.